The van der Waals surface area contributed by atoms with Gasteiger partial charge in [0.25, 0.3) is 0 Å². The number of anilines is 3. The molecule has 144 valence electrons. The van der Waals surface area contributed by atoms with Gasteiger partial charge in [-0.15, -0.1) is 0 Å². The second-order valence-electron chi connectivity index (χ2n) is 6.76. The van der Waals surface area contributed by atoms with E-state index in [4.69, 9.17) is 0 Å². The Balaban J connectivity index is 1.70. The Labute approximate surface area is 162 Å². The maximum absolute atomic E-state index is 12.6. The molecule has 0 aromatic heterocycles. The molecule has 1 saturated heterocycles. The minimum Gasteiger partial charge on any atom is -0.326 e. The van der Waals surface area contributed by atoms with Gasteiger partial charge in [0.2, 0.25) is 17.7 Å². The Morgan fingerprint density at radius 3 is 2.32 bits per heavy atom. The molecule has 0 unspecified atom stereocenters. The van der Waals surface area contributed by atoms with E-state index in [1.54, 1.807) is 53.4 Å². The molecule has 0 aliphatic carbocycles. The normalized spacial score (nSPS) is 16.0. The van der Waals surface area contributed by atoms with Crippen molar-refractivity contribution in [3.63, 3.8) is 0 Å². The second-order valence-corrected chi connectivity index (χ2v) is 6.76. The quantitative estimate of drug-likeness (QED) is 0.781. The lowest BCUT2D eigenvalue weighted by molar-refractivity contribution is -0.122. The molecule has 0 bridgehead atoms. The van der Waals surface area contributed by atoms with Crippen LogP contribution in [0.1, 0.15) is 30.6 Å². The average molecular weight is 379 g/mol. The maximum Gasteiger partial charge on any atom is 0.229 e. The zero-order chi connectivity index (χ0) is 20.3. The van der Waals surface area contributed by atoms with E-state index in [2.05, 4.69) is 10.6 Å². The predicted octanol–water partition coefficient (Wildman–Crippen LogP) is 2.84. The van der Waals surface area contributed by atoms with Crippen molar-refractivity contribution in [1.29, 1.82) is 0 Å². The smallest absolute Gasteiger partial charge is 0.229 e. The number of Topliss-reactive ketones (excluding diaryl/α,β-unsaturated/α-hetero) is 1. The van der Waals surface area contributed by atoms with Crippen LogP contribution < -0.4 is 15.5 Å². The molecule has 7 nitrogen and oxygen atoms in total. The summed E-state index contributed by atoms with van der Waals surface area (Å²) in [6.07, 6.45) is 0.0998. The van der Waals surface area contributed by atoms with E-state index in [1.165, 1.54) is 13.8 Å². The number of nitrogens with zero attached hydrogens (tertiary/aromatic N) is 1. The molecule has 2 aromatic carbocycles. The number of benzene rings is 2. The predicted molar refractivity (Wildman–Crippen MR) is 106 cm³/mol. The number of hydrogen-bond donors (Lipinski definition) is 2. The Morgan fingerprint density at radius 2 is 1.64 bits per heavy atom. The summed E-state index contributed by atoms with van der Waals surface area (Å²) >= 11 is 0. The number of hydrogen-bond acceptors (Lipinski definition) is 4. The molecule has 2 N–H and O–H groups in total. The van der Waals surface area contributed by atoms with Crippen LogP contribution in [-0.4, -0.2) is 30.0 Å². The zero-order valence-electron chi connectivity index (χ0n) is 15.7. The molecule has 28 heavy (non-hydrogen) atoms. The number of amides is 3. The van der Waals surface area contributed by atoms with Crippen LogP contribution in [0.25, 0.3) is 0 Å². The van der Waals surface area contributed by atoms with Gasteiger partial charge < -0.3 is 15.5 Å². The topological polar surface area (TPSA) is 95.6 Å². The lowest BCUT2D eigenvalue weighted by Gasteiger charge is -2.18. The van der Waals surface area contributed by atoms with Crippen LogP contribution in [0, 0.1) is 5.92 Å². The van der Waals surface area contributed by atoms with E-state index in [-0.39, 0.29) is 36.5 Å². The van der Waals surface area contributed by atoms with Crippen molar-refractivity contribution in [2.24, 2.45) is 5.92 Å². The van der Waals surface area contributed by atoms with Gasteiger partial charge >= 0.3 is 0 Å². The highest BCUT2D eigenvalue weighted by atomic mass is 16.2. The van der Waals surface area contributed by atoms with Crippen LogP contribution in [0.4, 0.5) is 17.1 Å². The molecule has 0 radical (unpaired) electrons. The van der Waals surface area contributed by atoms with E-state index in [9.17, 15) is 19.2 Å². The van der Waals surface area contributed by atoms with Crippen molar-refractivity contribution in [2.45, 2.75) is 20.3 Å². The molecule has 3 rings (SSSR count). The number of nitrogens with one attached hydrogen (secondary N) is 2. The van der Waals surface area contributed by atoms with Crippen molar-refractivity contribution in [2.75, 3.05) is 22.1 Å². The van der Waals surface area contributed by atoms with Crippen LogP contribution in [0.5, 0.6) is 0 Å². The van der Waals surface area contributed by atoms with E-state index in [0.29, 0.717) is 22.6 Å². The summed E-state index contributed by atoms with van der Waals surface area (Å²) in [7, 11) is 0. The second kappa shape index (κ2) is 8.04. The van der Waals surface area contributed by atoms with Gasteiger partial charge in [0, 0.05) is 42.5 Å². The Bertz CT molecular complexity index is 954. The first kappa shape index (κ1) is 19.3. The van der Waals surface area contributed by atoms with E-state index in [0.717, 1.165) is 0 Å². The Morgan fingerprint density at radius 1 is 0.964 bits per heavy atom. The molecule has 1 aliphatic rings. The Kier molecular flexibility index (Phi) is 5.54. The van der Waals surface area contributed by atoms with Crippen LogP contribution in [0.2, 0.25) is 0 Å². The van der Waals surface area contributed by atoms with Gasteiger partial charge in [-0.05, 0) is 37.3 Å². The number of carbonyl (C=O) groups excluding carboxylic acids is 4. The van der Waals surface area contributed by atoms with Gasteiger partial charge in [0.15, 0.2) is 5.78 Å². The fourth-order valence-electron chi connectivity index (χ4n) is 3.15. The molecule has 1 heterocycles. The van der Waals surface area contributed by atoms with E-state index >= 15 is 0 Å². The highest BCUT2D eigenvalue weighted by molar-refractivity contribution is 6.04. The van der Waals surface area contributed by atoms with Gasteiger partial charge in [0.1, 0.15) is 0 Å². The fourth-order valence-corrected chi connectivity index (χ4v) is 3.15. The fraction of sp³-hybridized carbons (Fsp3) is 0.238. The molecule has 0 saturated carbocycles. The Hall–Kier alpha value is -3.48. The summed E-state index contributed by atoms with van der Waals surface area (Å²) in [4.78, 5) is 49.3. The standard InChI is InChI=1S/C21H21N3O4/c1-13(25)15-5-3-6-17(9-15)23-21(28)16-10-20(27)24(12-16)19-8-4-7-18(11-19)22-14(2)26/h3-9,11,16H,10,12H2,1-2H3,(H,22,26)(H,23,28)/t16-/m1/s1. The summed E-state index contributed by atoms with van der Waals surface area (Å²) in [5.74, 6) is -1.21. The minimum atomic E-state index is -0.502. The first-order chi connectivity index (χ1) is 13.3. The summed E-state index contributed by atoms with van der Waals surface area (Å²) < 4.78 is 0. The lowest BCUT2D eigenvalue weighted by Crippen LogP contribution is -2.28. The van der Waals surface area contributed by atoms with Crippen molar-refractivity contribution in [1.82, 2.24) is 0 Å². The first-order valence-corrected chi connectivity index (χ1v) is 8.93. The van der Waals surface area contributed by atoms with E-state index < -0.39 is 5.92 Å². The lowest BCUT2D eigenvalue weighted by atomic mass is 10.1. The van der Waals surface area contributed by atoms with Crippen LogP contribution in [0.15, 0.2) is 48.5 Å². The van der Waals surface area contributed by atoms with Gasteiger partial charge in [0.05, 0.1) is 5.92 Å². The molecule has 3 amide bonds. The largest absolute Gasteiger partial charge is 0.326 e. The van der Waals surface area contributed by atoms with Crippen molar-refractivity contribution < 1.29 is 19.2 Å². The van der Waals surface area contributed by atoms with Crippen molar-refractivity contribution in [3.05, 3.63) is 54.1 Å². The molecule has 7 heteroatoms. The number of rotatable bonds is 5. The van der Waals surface area contributed by atoms with Gasteiger partial charge in [-0.25, -0.2) is 0 Å². The monoisotopic (exact) mass is 379 g/mol. The zero-order valence-corrected chi connectivity index (χ0v) is 15.7. The molecule has 1 atom stereocenters. The molecule has 2 aromatic rings. The van der Waals surface area contributed by atoms with Gasteiger partial charge in [-0.3, -0.25) is 19.2 Å². The molecule has 0 spiro atoms. The number of carbonyl (C=O) groups is 4. The van der Waals surface area contributed by atoms with E-state index in [1.807, 2.05) is 0 Å². The third kappa shape index (κ3) is 4.43. The van der Waals surface area contributed by atoms with Crippen molar-refractivity contribution >= 4 is 40.6 Å². The number of ketones is 1. The van der Waals surface area contributed by atoms with Crippen LogP contribution in [-0.2, 0) is 14.4 Å². The van der Waals surface area contributed by atoms with Crippen molar-refractivity contribution in [3.8, 4) is 0 Å². The minimum absolute atomic E-state index is 0.0858. The summed E-state index contributed by atoms with van der Waals surface area (Å²) in [6, 6.07) is 13.6. The third-order valence-electron chi connectivity index (χ3n) is 4.51. The SMILES string of the molecule is CC(=O)Nc1cccc(N2C[C@H](C(=O)Nc3cccc(C(C)=O)c3)CC2=O)c1. The third-order valence-corrected chi connectivity index (χ3v) is 4.51. The molecular formula is C21H21N3O4. The van der Waals surface area contributed by atoms with Crippen LogP contribution >= 0.6 is 0 Å². The summed E-state index contributed by atoms with van der Waals surface area (Å²) in [5.41, 5.74) is 2.25. The average Bonchev–Trinajstić information content (AvgIpc) is 3.03. The van der Waals surface area contributed by atoms with Crippen LogP contribution in [0.3, 0.4) is 0 Å². The highest BCUT2D eigenvalue weighted by Gasteiger charge is 2.35. The first-order valence-electron chi connectivity index (χ1n) is 8.93. The maximum atomic E-state index is 12.6. The molecule has 1 fully saturated rings. The molecular weight excluding hydrogens is 358 g/mol. The molecule has 1 aliphatic heterocycles. The highest BCUT2D eigenvalue weighted by Crippen LogP contribution is 2.28. The van der Waals surface area contributed by atoms with Gasteiger partial charge in [-0.2, -0.15) is 0 Å². The summed E-state index contributed by atoms with van der Waals surface area (Å²) in [6.45, 7) is 3.12. The summed E-state index contributed by atoms with van der Waals surface area (Å²) in [5, 5.41) is 5.46. The van der Waals surface area contributed by atoms with Gasteiger partial charge in [-0.1, -0.05) is 18.2 Å².